The number of piperidine rings is 1. The molecule has 0 saturated carbocycles. The molecule has 0 spiro atoms. The van der Waals surface area contributed by atoms with Crippen molar-refractivity contribution in [1.29, 1.82) is 0 Å². The molecule has 0 bridgehead atoms. The second-order valence-corrected chi connectivity index (χ2v) is 8.25. The topological polar surface area (TPSA) is 58.6 Å². The Morgan fingerprint density at radius 3 is 2.55 bits per heavy atom. The van der Waals surface area contributed by atoms with Gasteiger partial charge >= 0.3 is 0 Å². The van der Waals surface area contributed by atoms with Crippen molar-refractivity contribution in [2.24, 2.45) is 5.92 Å². The lowest BCUT2D eigenvalue weighted by Gasteiger charge is -2.30. The number of ether oxygens (including phenoxy) is 1. The first-order valence-electron chi connectivity index (χ1n) is 10.4. The fraction of sp³-hybridized carbons (Fsp3) is 0.333. The van der Waals surface area contributed by atoms with Gasteiger partial charge in [-0.15, -0.1) is 0 Å². The Morgan fingerprint density at radius 2 is 1.84 bits per heavy atom. The van der Waals surface area contributed by atoms with E-state index in [-0.39, 0.29) is 17.7 Å². The predicted molar refractivity (Wildman–Crippen MR) is 124 cm³/mol. The molecule has 1 aliphatic rings. The van der Waals surface area contributed by atoms with Gasteiger partial charge in [-0.1, -0.05) is 53.5 Å². The zero-order valence-corrected chi connectivity index (χ0v) is 18.7. The summed E-state index contributed by atoms with van der Waals surface area (Å²) in [6.45, 7) is 2.16. The summed E-state index contributed by atoms with van der Waals surface area (Å²) < 4.78 is 5.62. The van der Waals surface area contributed by atoms with E-state index < -0.39 is 0 Å². The maximum atomic E-state index is 12.4. The molecule has 1 N–H and O–H groups in total. The van der Waals surface area contributed by atoms with Crippen molar-refractivity contribution in [2.75, 3.05) is 26.2 Å². The van der Waals surface area contributed by atoms with E-state index in [0.717, 1.165) is 5.56 Å². The highest BCUT2D eigenvalue weighted by Crippen LogP contribution is 2.27. The van der Waals surface area contributed by atoms with Crippen molar-refractivity contribution in [3.05, 3.63) is 70.2 Å². The van der Waals surface area contributed by atoms with Gasteiger partial charge in [0.05, 0.1) is 11.6 Å². The van der Waals surface area contributed by atoms with Gasteiger partial charge in [0.15, 0.2) is 0 Å². The summed E-state index contributed by atoms with van der Waals surface area (Å²) in [4.78, 5) is 26.6. The van der Waals surface area contributed by atoms with E-state index in [1.165, 1.54) is 0 Å². The summed E-state index contributed by atoms with van der Waals surface area (Å²) in [5.41, 5.74) is 0.993. The number of carbonyl (C=O) groups excluding carboxylic acids is 2. The van der Waals surface area contributed by atoms with Crippen LogP contribution in [0, 0.1) is 5.92 Å². The second-order valence-electron chi connectivity index (χ2n) is 7.41. The van der Waals surface area contributed by atoms with Crippen molar-refractivity contribution < 1.29 is 14.3 Å². The summed E-state index contributed by atoms with van der Waals surface area (Å²) in [6, 6.07) is 14.8. The van der Waals surface area contributed by atoms with Crippen molar-refractivity contribution in [3.63, 3.8) is 0 Å². The van der Waals surface area contributed by atoms with E-state index in [1.54, 1.807) is 29.2 Å². The molecule has 31 heavy (non-hydrogen) atoms. The smallest absolute Gasteiger partial charge is 0.246 e. The van der Waals surface area contributed by atoms with E-state index in [4.69, 9.17) is 27.9 Å². The molecule has 2 aromatic rings. The van der Waals surface area contributed by atoms with Gasteiger partial charge in [-0.25, -0.2) is 0 Å². The number of likely N-dealkylation sites (tertiary alicyclic amines) is 1. The van der Waals surface area contributed by atoms with Gasteiger partial charge in [0.1, 0.15) is 5.75 Å². The maximum Gasteiger partial charge on any atom is 0.246 e. The molecular formula is C24H26Cl2N2O3. The number of halogens is 2. The van der Waals surface area contributed by atoms with Crippen LogP contribution >= 0.6 is 23.2 Å². The highest BCUT2D eigenvalue weighted by atomic mass is 35.5. The predicted octanol–water partition coefficient (Wildman–Crippen LogP) is 4.83. The number of carbonyl (C=O) groups is 2. The number of hydrogen-bond donors (Lipinski definition) is 1. The molecule has 1 aliphatic heterocycles. The van der Waals surface area contributed by atoms with Crippen molar-refractivity contribution in [2.45, 2.75) is 19.3 Å². The number of benzene rings is 2. The van der Waals surface area contributed by atoms with Gasteiger partial charge in [0.25, 0.3) is 0 Å². The van der Waals surface area contributed by atoms with Crippen LogP contribution in [0.2, 0.25) is 10.0 Å². The standard InChI is InChI=1S/C24H26Cl2N2O3/c25-20-8-9-22(21(26)17-20)31-16-4-13-27-24(30)19-11-14-28(15-12-19)23(29)10-7-18-5-2-1-3-6-18/h1-3,5-10,17,19H,4,11-16H2,(H,27,30)/b10-7+. The quantitative estimate of drug-likeness (QED) is 0.453. The molecule has 1 fully saturated rings. The molecule has 1 heterocycles. The third-order valence-corrected chi connectivity index (χ3v) is 5.70. The van der Waals surface area contributed by atoms with Gasteiger partial charge in [-0.05, 0) is 49.1 Å². The molecule has 0 radical (unpaired) electrons. The fourth-order valence-corrected chi connectivity index (χ4v) is 3.86. The molecule has 3 rings (SSSR count). The molecule has 2 aromatic carbocycles. The van der Waals surface area contributed by atoms with Gasteiger partial charge in [0.2, 0.25) is 11.8 Å². The van der Waals surface area contributed by atoms with Crippen LogP contribution in [-0.2, 0) is 9.59 Å². The number of rotatable bonds is 8. The lowest BCUT2D eigenvalue weighted by atomic mass is 9.96. The average molecular weight is 461 g/mol. The Balaban J connectivity index is 1.32. The minimum atomic E-state index is -0.0613. The van der Waals surface area contributed by atoms with Gasteiger partial charge in [-0.2, -0.15) is 0 Å². The number of nitrogens with zero attached hydrogens (tertiary/aromatic N) is 1. The first kappa shape index (κ1) is 23.2. The number of hydrogen-bond acceptors (Lipinski definition) is 3. The molecule has 7 heteroatoms. The Bertz CT molecular complexity index is 910. The first-order valence-corrected chi connectivity index (χ1v) is 11.2. The second kappa shape index (κ2) is 11.8. The lowest BCUT2D eigenvalue weighted by Crippen LogP contribution is -2.42. The molecule has 0 aliphatic carbocycles. The number of nitrogens with one attached hydrogen (secondary N) is 1. The van der Waals surface area contributed by atoms with E-state index >= 15 is 0 Å². The molecule has 164 valence electrons. The van der Waals surface area contributed by atoms with E-state index in [9.17, 15) is 9.59 Å². The molecule has 0 unspecified atom stereocenters. The summed E-state index contributed by atoms with van der Waals surface area (Å²) in [5.74, 6) is 0.543. The van der Waals surface area contributed by atoms with Crippen molar-refractivity contribution >= 4 is 41.1 Å². The Kier molecular flexibility index (Phi) is 8.80. The van der Waals surface area contributed by atoms with Gasteiger partial charge in [-0.3, -0.25) is 9.59 Å². The van der Waals surface area contributed by atoms with Crippen molar-refractivity contribution in [3.8, 4) is 5.75 Å². The lowest BCUT2D eigenvalue weighted by molar-refractivity contribution is -0.132. The zero-order valence-electron chi connectivity index (χ0n) is 17.2. The Morgan fingerprint density at radius 1 is 1.10 bits per heavy atom. The number of amides is 2. The van der Waals surface area contributed by atoms with E-state index in [2.05, 4.69) is 5.32 Å². The van der Waals surface area contributed by atoms with Gasteiger partial charge in [0, 0.05) is 36.7 Å². The molecule has 2 amide bonds. The minimum absolute atomic E-state index is 0.0132. The first-order chi connectivity index (χ1) is 15.0. The summed E-state index contributed by atoms with van der Waals surface area (Å²) in [6.07, 6.45) is 5.44. The molecule has 0 aromatic heterocycles. The maximum absolute atomic E-state index is 12.4. The van der Waals surface area contributed by atoms with E-state index in [0.29, 0.717) is 61.3 Å². The van der Waals surface area contributed by atoms with Crippen LogP contribution in [0.15, 0.2) is 54.6 Å². The Labute approximate surface area is 193 Å². The molecule has 1 saturated heterocycles. The highest BCUT2D eigenvalue weighted by Gasteiger charge is 2.26. The normalized spacial score (nSPS) is 14.6. The molecule has 0 atom stereocenters. The minimum Gasteiger partial charge on any atom is -0.492 e. The monoisotopic (exact) mass is 460 g/mol. The van der Waals surface area contributed by atoms with Crippen LogP contribution in [0.3, 0.4) is 0 Å². The summed E-state index contributed by atoms with van der Waals surface area (Å²) in [5, 5.41) is 3.99. The zero-order chi connectivity index (χ0) is 22.1. The Hall–Kier alpha value is -2.50. The largest absolute Gasteiger partial charge is 0.492 e. The van der Waals surface area contributed by atoms with Crippen LogP contribution in [0.5, 0.6) is 5.75 Å². The van der Waals surface area contributed by atoms with E-state index in [1.807, 2.05) is 36.4 Å². The third kappa shape index (κ3) is 7.30. The fourth-order valence-electron chi connectivity index (χ4n) is 3.40. The summed E-state index contributed by atoms with van der Waals surface area (Å²) >= 11 is 11.9. The van der Waals surface area contributed by atoms with Gasteiger partial charge < -0.3 is 15.0 Å². The SMILES string of the molecule is O=C(NCCCOc1ccc(Cl)cc1Cl)C1CCN(C(=O)/C=C/c2ccccc2)CC1. The molecular weight excluding hydrogens is 435 g/mol. The van der Waals surface area contributed by atoms with Crippen LogP contribution in [0.4, 0.5) is 0 Å². The van der Waals surface area contributed by atoms with Crippen LogP contribution < -0.4 is 10.1 Å². The van der Waals surface area contributed by atoms with Crippen LogP contribution in [0.25, 0.3) is 6.08 Å². The average Bonchev–Trinajstić information content (AvgIpc) is 2.79. The highest BCUT2D eigenvalue weighted by molar-refractivity contribution is 6.35. The third-order valence-electron chi connectivity index (χ3n) is 5.17. The molecule has 5 nitrogen and oxygen atoms in total. The summed E-state index contributed by atoms with van der Waals surface area (Å²) in [7, 11) is 0. The van der Waals surface area contributed by atoms with Crippen molar-refractivity contribution in [1.82, 2.24) is 10.2 Å². The van der Waals surface area contributed by atoms with Crippen LogP contribution in [0.1, 0.15) is 24.8 Å². The van der Waals surface area contributed by atoms with Crippen LogP contribution in [-0.4, -0.2) is 43.0 Å².